The maximum Gasteiger partial charge on any atom is 0.308 e. The van der Waals surface area contributed by atoms with Crippen molar-refractivity contribution in [1.29, 1.82) is 0 Å². The number of nitrogens with one attached hydrogen (secondary N) is 2. The van der Waals surface area contributed by atoms with Crippen molar-refractivity contribution in [2.45, 2.75) is 75.5 Å². The van der Waals surface area contributed by atoms with Gasteiger partial charge in [-0.15, -0.1) is 0 Å². The molecule has 0 heterocycles. The highest BCUT2D eigenvalue weighted by atomic mass is 32.2. The molecule has 1 aliphatic rings. The first-order valence-electron chi connectivity index (χ1n) is 13.8. The summed E-state index contributed by atoms with van der Waals surface area (Å²) in [6, 6.07) is 25.3. The molecule has 7 nitrogen and oxygen atoms in total. The van der Waals surface area contributed by atoms with Crippen molar-refractivity contribution in [1.82, 2.24) is 10.0 Å². The van der Waals surface area contributed by atoms with Crippen LogP contribution in [0.15, 0.2) is 89.8 Å². The summed E-state index contributed by atoms with van der Waals surface area (Å²) in [5.74, 6) is -0.762. The summed E-state index contributed by atoms with van der Waals surface area (Å²) in [6.45, 7) is 5.44. The summed E-state index contributed by atoms with van der Waals surface area (Å²) in [6.07, 6.45) is 2.26. The van der Waals surface area contributed by atoms with Crippen molar-refractivity contribution in [2.24, 2.45) is 5.92 Å². The fourth-order valence-electron chi connectivity index (χ4n) is 5.00. The van der Waals surface area contributed by atoms with Crippen molar-refractivity contribution < 1.29 is 22.7 Å². The molecule has 212 valence electrons. The third-order valence-corrected chi connectivity index (χ3v) is 8.54. The van der Waals surface area contributed by atoms with E-state index < -0.39 is 21.7 Å². The lowest BCUT2D eigenvalue weighted by Gasteiger charge is -2.30. The Morgan fingerprint density at radius 1 is 0.825 bits per heavy atom. The molecule has 0 saturated heterocycles. The molecule has 1 atom stereocenters. The molecule has 1 saturated carbocycles. The first kappa shape index (κ1) is 29.5. The topological polar surface area (TPSA) is 102 Å². The SMILES string of the molecule is CC(C)(C)OC(=O)C[C@@H](NC(=O)[C@H]1CC[C@H](NS(=O)(=O)c2ccc(-c3ccccc3)cc2)CC1)c1ccccc1. The molecule has 1 aliphatic carbocycles. The van der Waals surface area contributed by atoms with Gasteiger partial charge in [-0.05, 0) is 75.3 Å². The molecule has 0 spiro atoms. The summed E-state index contributed by atoms with van der Waals surface area (Å²) >= 11 is 0. The molecular formula is C32H38N2O5S. The summed E-state index contributed by atoms with van der Waals surface area (Å²) in [5.41, 5.74) is 2.20. The van der Waals surface area contributed by atoms with Gasteiger partial charge in [-0.1, -0.05) is 72.8 Å². The van der Waals surface area contributed by atoms with Crippen molar-refractivity contribution in [3.8, 4) is 11.1 Å². The van der Waals surface area contributed by atoms with Gasteiger partial charge >= 0.3 is 5.97 Å². The highest BCUT2D eigenvalue weighted by Gasteiger charge is 2.31. The van der Waals surface area contributed by atoms with Crippen LogP contribution in [-0.2, 0) is 24.3 Å². The normalized spacial score (nSPS) is 18.5. The maximum absolute atomic E-state index is 13.2. The summed E-state index contributed by atoms with van der Waals surface area (Å²) in [7, 11) is -3.68. The predicted octanol–water partition coefficient (Wildman–Crippen LogP) is 5.78. The van der Waals surface area contributed by atoms with Crippen LogP contribution in [-0.4, -0.2) is 31.9 Å². The number of rotatable bonds is 9. The van der Waals surface area contributed by atoms with E-state index in [0.717, 1.165) is 16.7 Å². The molecule has 8 heteroatoms. The Bertz CT molecular complexity index is 1380. The van der Waals surface area contributed by atoms with E-state index >= 15 is 0 Å². The number of benzene rings is 3. The largest absolute Gasteiger partial charge is 0.460 e. The third-order valence-electron chi connectivity index (χ3n) is 7.00. The van der Waals surface area contributed by atoms with Crippen molar-refractivity contribution in [2.75, 3.05) is 0 Å². The number of hydrogen-bond acceptors (Lipinski definition) is 5. The highest BCUT2D eigenvalue weighted by molar-refractivity contribution is 7.89. The summed E-state index contributed by atoms with van der Waals surface area (Å²) in [4.78, 5) is 26.0. The number of carbonyl (C=O) groups excluding carboxylic acids is 2. The zero-order chi connectivity index (χ0) is 28.8. The van der Waals surface area contributed by atoms with Crippen LogP contribution in [0.2, 0.25) is 0 Å². The Kier molecular flexibility index (Phi) is 9.43. The Balaban J connectivity index is 1.33. The first-order chi connectivity index (χ1) is 19.0. The van der Waals surface area contributed by atoms with Crippen molar-refractivity contribution in [3.05, 3.63) is 90.5 Å². The second-order valence-electron chi connectivity index (χ2n) is 11.3. The Labute approximate surface area is 237 Å². The van der Waals surface area contributed by atoms with Gasteiger partial charge in [-0.3, -0.25) is 9.59 Å². The lowest BCUT2D eigenvalue weighted by Crippen LogP contribution is -2.42. The molecule has 0 unspecified atom stereocenters. The first-order valence-corrected chi connectivity index (χ1v) is 15.2. The van der Waals surface area contributed by atoms with Crippen LogP contribution in [0.4, 0.5) is 0 Å². The molecule has 2 N–H and O–H groups in total. The Morgan fingerprint density at radius 3 is 1.95 bits per heavy atom. The number of hydrogen-bond donors (Lipinski definition) is 2. The average molecular weight is 563 g/mol. The van der Waals surface area contributed by atoms with Crippen molar-refractivity contribution in [3.63, 3.8) is 0 Å². The monoisotopic (exact) mass is 562 g/mol. The van der Waals surface area contributed by atoms with Crippen LogP contribution in [0.25, 0.3) is 11.1 Å². The number of carbonyl (C=O) groups is 2. The van der Waals surface area contributed by atoms with Crippen LogP contribution in [0.1, 0.15) is 64.5 Å². The molecule has 0 aliphatic heterocycles. The average Bonchev–Trinajstić information content (AvgIpc) is 2.93. The van der Waals surface area contributed by atoms with Gasteiger partial charge < -0.3 is 10.1 Å². The Hall–Kier alpha value is -3.49. The van der Waals surface area contributed by atoms with Gasteiger partial charge in [0.2, 0.25) is 15.9 Å². The second kappa shape index (κ2) is 12.8. The van der Waals surface area contributed by atoms with E-state index in [9.17, 15) is 18.0 Å². The fraction of sp³-hybridized carbons (Fsp3) is 0.375. The van der Waals surface area contributed by atoms with Crippen LogP contribution >= 0.6 is 0 Å². The number of ether oxygens (including phenoxy) is 1. The van der Waals surface area contributed by atoms with Crippen LogP contribution in [0.3, 0.4) is 0 Å². The van der Waals surface area contributed by atoms with E-state index in [4.69, 9.17) is 4.74 Å². The number of esters is 1. The van der Waals surface area contributed by atoms with Crippen molar-refractivity contribution >= 4 is 21.9 Å². The molecular weight excluding hydrogens is 524 g/mol. The van der Waals surface area contributed by atoms with Gasteiger partial charge in [0.15, 0.2) is 0 Å². The molecule has 1 amide bonds. The molecule has 1 fully saturated rings. The molecule has 4 rings (SSSR count). The zero-order valence-corrected chi connectivity index (χ0v) is 24.1. The lowest BCUT2D eigenvalue weighted by atomic mass is 9.85. The van der Waals surface area contributed by atoms with Crippen LogP contribution in [0.5, 0.6) is 0 Å². The van der Waals surface area contributed by atoms with E-state index in [2.05, 4.69) is 10.0 Å². The molecule has 3 aromatic rings. The lowest BCUT2D eigenvalue weighted by molar-refractivity contribution is -0.155. The van der Waals surface area contributed by atoms with Gasteiger partial charge in [0.25, 0.3) is 0 Å². The standard InChI is InChI=1S/C32H38N2O5S/c1-32(2,3)39-30(35)22-29(25-12-8-5-9-13-25)33-31(36)26-14-18-27(19-15-26)34-40(37,38)28-20-16-24(17-21-28)23-10-6-4-7-11-23/h4-13,16-17,20-21,26-27,29,34H,14-15,18-19,22H2,1-3H3,(H,33,36)/t26-,27-,29-/m1/s1. The third kappa shape index (κ3) is 8.26. The highest BCUT2D eigenvalue weighted by Crippen LogP contribution is 2.28. The fourth-order valence-corrected chi connectivity index (χ4v) is 6.30. The predicted molar refractivity (Wildman–Crippen MR) is 156 cm³/mol. The molecule has 0 aromatic heterocycles. The van der Waals surface area contributed by atoms with Gasteiger partial charge in [0.05, 0.1) is 17.4 Å². The number of amides is 1. The minimum atomic E-state index is -3.68. The quantitative estimate of drug-likeness (QED) is 0.322. The van der Waals surface area contributed by atoms with E-state index in [-0.39, 0.29) is 35.2 Å². The van der Waals surface area contributed by atoms with Gasteiger partial charge in [0, 0.05) is 12.0 Å². The van der Waals surface area contributed by atoms with Gasteiger partial charge in [0.1, 0.15) is 5.60 Å². The molecule has 0 bridgehead atoms. The van der Waals surface area contributed by atoms with Gasteiger partial charge in [-0.2, -0.15) is 0 Å². The number of sulfonamides is 1. The molecule has 3 aromatic carbocycles. The van der Waals surface area contributed by atoms with E-state index in [0.29, 0.717) is 25.7 Å². The second-order valence-corrected chi connectivity index (χ2v) is 13.0. The van der Waals surface area contributed by atoms with Crippen LogP contribution in [0, 0.1) is 5.92 Å². The van der Waals surface area contributed by atoms with E-state index in [1.807, 2.05) is 93.6 Å². The smallest absolute Gasteiger partial charge is 0.308 e. The maximum atomic E-state index is 13.2. The minimum absolute atomic E-state index is 0.0330. The molecule has 40 heavy (non-hydrogen) atoms. The Morgan fingerprint density at radius 2 is 1.38 bits per heavy atom. The van der Waals surface area contributed by atoms with E-state index in [1.165, 1.54) is 0 Å². The summed E-state index contributed by atoms with van der Waals surface area (Å²) < 4.78 is 34.4. The molecule has 0 radical (unpaired) electrons. The van der Waals surface area contributed by atoms with E-state index in [1.54, 1.807) is 12.1 Å². The summed E-state index contributed by atoms with van der Waals surface area (Å²) in [5, 5.41) is 3.05. The minimum Gasteiger partial charge on any atom is -0.460 e. The van der Waals surface area contributed by atoms with Gasteiger partial charge in [-0.25, -0.2) is 13.1 Å². The zero-order valence-electron chi connectivity index (χ0n) is 23.3. The van der Waals surface area contributed by atoms with Crippen LogP contribution < -0.4 is 10.0 Å².